The van der Waals surface area contributed by atoms with Gasteiger partial charge in [0.05, 0.1) is 12.8 Å². The minimum Gasteiger partial charge on any atom is -0.495 e. The molecule has 3 rings (SSSR count). The number of anilines is 1. The van der Waals surface area contributed by atoms with E-state index in [2.05, 4.69) is 29.6 Å². The fraction of sp³-hybridized carbons (Fsp3) is 0.316. The van der Waals surface area contributed by atoms with Crippen LogP contribution in [0.4, 0.5) is 10.5 Å². The van der Waals surface area contributed by atoms with Gasteiger partial charge in [-0.2, -0.15) is 11.8 Å². The number of methoxy groups -OCH3 is 1. The van der Waals surface area contributed by atoms with Crippen LogP contribution >= 0.6 is 11.8 Å². The molecule has 24 heavy (non-hydrogen) atoms. The van der Waals surface area contributed by atoms with Crippen LogP contribution in [0, 0.1) is 0 Å². The molecule has 1 fully saturated rings. The van der Waals surface area contributed by atoms with E-state index >= 15 is 0 Å². The fourth-order valence-electron chi connectivity index (χ4n) is 2.85. The molecule has 1 saturated heterocycles. The van der Waals surface area contributed by atoms with Gasteiger partial charge in [0.2, 0.25) is 0 Å². The van der Waals surface area contributed by atoms with Crippen molar-refractivity contribution in [1.29, 1.82) is 0 Å². The minimum atomic E-state index is -0.0613. The van der Waals surface area contributed by atoms with Crippen LogP contribution in [0.15, 0.2) is 54.6 Å². The van der Waals surface area contributed by atoms with E-state index in [1.54, 1.807) is 7.11 Å². The Kier molecular flexibility index (Phi) is 5.64. The number of benzene rings is 2. The summed E-state index contributed by atoms with van der Waals surface area (Å²) in [6, 6.07) is 18.0. The number of hydrogen-bond donors (Lipinski definition) is 1. The Bertz CT molecular complexity index is 678. The molecule has 2 amide bonds. The predicted molar refractivity (Wildman–Crippen MR) is 99.8 cm³/mol. The molecule has 1 aliphatic heterocycles. The number of para-hydroxylation sites is 2. The van der Waals surface area contributed by atoms with Crippen LogP contribution in [0.5, 0.6) is 5.75 Å². The van der Waals surface area contributed by atoms with E-state index in [0.717, 1.165) is 25.3 Å². The number of nitrogens with one attached hydrogen (secondary N) is 1. The van der Waals surface area contributed by atoms with Gasteiger partial charge < -0.3 is 15.0 Å². The number of nitrogens with zero attached hydrogens (tertiary/aromatic N) is 1. The number of rotatable bonds is 3. The Morgan fingerprint density at radius 1 is 1.12 bits per heavy atom. The highest BCUT2D eigenvalue weighted by molar-refractivity contribution is 7.99. The third-order valence-corrected chi connectivity index (χ3v) is 5.48. The van der Waals surface area contributed by atoms with Gasteiger partial charge >= 0.3 is 6.03 Å². The van der Waals surface area contributed by atoms with Gasteiger partial charge in [-0.1, -0.05) is 42.5 Å². The fourth-order valence-corrected chi connectivity index (χ4v) is 4.08. The molecule has 0 bridgehead atoms. The molecular weight excluding hydrogens is 320 g/mol. The van der Waals surface area contributed by atoms with Gasteiger partial charge in [-0.25, -0.2) is 4.79 Å². The molecule has 5 heteroatoms. The summed E-state index contributed by atoms with van der Waals surface area (Å²) >= 11 is 1.93. The average Bonchev–Trinajstić information content (AvgIpc) is 2.89. The van der Waals surface area contributed by atoms with Crippen molar-refractivity contribution in [3.05, 3.63) is 60.2 Å². The van der Waals surface area contributed by atoms with Gasteiger partial charge in [0.25, 0.3) is 0 Å². The van der Waals surface area contributed by atoms with Crippen molar-refractivity contribution in [2.45, 2.75) is 11.7 Å². The van der Waals surface area contributed by atoms with Crippen molar-refractivity contribution < 1.29 is 9.53 Å². The maximum absolute atomic E-state index is 12.6. The van der Waals surface area contributed by atoms with Gasteiger partial charge in [0.1, 0.15) is 5.75 Å². The van der Waals surface area contributed by atoms with Gasteiger partial charge in [0.15, 0.2) is 0 Å². The van der Waals surface area contributed by atoms with Crippen molar-refractivity contribution in [3.63, 3.8) is 0 Å². The second kappa shape index (κ2) is 8.11. The quantitative estimate of drug-likeness (QED) is 0.898. The summed E-state index contributed by atoms with van der Waals surface area (Å²) < 4.78 is 5.30. The molecule has 0 aromatic heterocycles. The molecule has 126 valence electrons. The maximum atomic E-state index is 12.6. The van der Waals surface area contributed by atoms with Gasteiger partial charge in [-0.15, -0.1) is 0 Å². The van der Waals surface area contributed by atoms with E-state index in [0.29, 0.717) is 16.7 Å². The predicted octanol–water partition coefficient (Wildman–Crippen LogP) is 4.41. The number of carbonyl (C=O) groups excluding carboxylic acids is 1. The maximum Gasteiger partial charge on any atom is 0.321 e. The lowest BCUT2D eigenvalue weighted by Crippen LogP contribution is -2.36. The molecule has 1 N–H and O–H groups in total. The van der Waals surface area contributed by atoms with Crippen LogP contribution in [0.3, 0.4) is 0 Å². The van der Waals surface area contributed by atoms with Crippen molar-refractivity contribution >= 4 is 23.5 Å². The summed E-state index contributed by atoms with van der Waals surface area (Å²) in [5, 5.41) is 3.42. The highest BCUT2D eigenvalue weighted by Gasteiger charge is 2.22. The Labute approximate surface area is 147 Å². The lowest BCUT2D eigenvalue weighted by atomic mass is 10.1. The topological polar surface area (TPSA) is 41.6 Å². The third-order valence-electron chi connectivity index (χ3n) is 4.15. The number of carbonyl (C=O) groups is 1. The Hall–Kier alpha value is -2.14. The van der Waals surface area contributed by atoms with Crippen LogP contribution in [-0.4, -0.2) is 36.9 Å². The number of urea groups is 1. The second-order valence-electron chi connectivity index (χ2n) is 5.68. The number of amides is 2. The first-order valence-corrected chi connectivity index (χ1v) is 9.18. The number of hydrogen-bond acceptors (Lipinski definition) is 3. The standard InChI is InChI=1S/C19H22N2O2S/c1-23-17-10-6-5-9-16(17)20-19(22)21-12-11-18(24-14-13-21)15-7-3-2-4-8-15/h2-10,18H,11-14H2,1H3,(H,20,22). The largest absolute Gasteiger partial charge is 0.495 e. The lowest BCUT2D eigenvalue weighted by Gasteiger charge is -2.21. The smallest absolute Gasteiger partial charge is 0.321 e. The highest BCUT2D eigenvalue weighted by Crippen LogP contribution is 2.34. The van der Waals surface area contributed by atoms with Crippen LogP contribution in [-0.2, 0) is 0 Å². The van der Waals surface area contributed by atoms with Crippen LogP contribution in [0.25, 0.3) is 0 Å². The normalized spacial score (nSPS) is 17.9. The molecular formula is C19H22N2O2S. The van der Waals surface area contributed by atoms with Crippen molar-refractivity contribution in [2.75, 3.05) is 31.3 Å². The average molecular weight is 342 g/mol. The van der Waals surface area contributed by atoms with E-state index in [-0.39, 0.29) is 6.03 Å². The zero-order valence-electron chi connectivity index (χ0n) is 13.8. The summed E-state index contributed by atoms with van der Waals surface area (Å²) in [5.74, 6) is 1.62. The SMILES string of the molecule is COc1ccccc1NC(=O)N1CCSC(c2ccccc2)CC1. The van der Waals surface area contributed by atoms with Crippen LogP contribution in [0.1, 0.15) is 17.2 Å². The van der Waals surface area contributed by atoms with E-state index < -0.39 is 0 Å². The van der Waals surface area contributed by atoms with Gasteiger partial charge in [-0.05, 0) is 24.1 Å². The zero-order chi connectivity index (χ0) is 16.8. The summed E-state index contributed by atoms with van der Waals surface area (Å²) in [6.07, 6.45) is 0.966. The molecule has 4 nitrogen and oxygen atoms in total. The van der Waals surface area contributed by atoms with E-state index in [1.807, 2.05) is 47.0 Å². The Morgan fingerprint density at radius 2 is 1.88 bits per heavy atom. The highest BCUT2D eigenvalue weighted by atomic mass is 32.2. The van der Waals surface area contributed by atoms with Crippen molar-refractivity contribution in [1.82, 2.24) is 4.90 Å². The summed E-state index contributed by atoms with van der Waals surface area (Å²) in [4.78, 5) is 14.5. The zero-order valence-corrected chi connectivity index (χ0v) is 14.6. The van der Waals surface area contributed by atoms with E-state index in [9.17, 15) is 4.79 Å². The second-order valence-corrected chi connectivity index (χ2v) is 6.99. The Balaban J connectivity index is 1.62. The number of thioether (sulfide) groups is 1. The monoisotopic (exact) mass is 342 g/mol. The first-order chi connectivity index (χ1) is 11.8. The Morgan fingerprint density at radius 3 is 2.67 bits per heavy atom. The molecule has 0 saturated carbocycles. The minimum absolute atomic E-state index is 0.0613. The third kappa shape index (κ3) is 4.03. The molecule has 0 aliphatic carbocycles. The van der Waals surface area contributed by atoms with Gasteiger partial charge in [-0.3, -0.25) is 0 Å². The molecule has 0 spiro atoms. The van der Waals surface area contributed by atoms with Crippen molar-refractivity contribution in [3.8, 4) is 5.75 Å². The first-order valence-electron chi connectivity index (χ1n) is 8.13. The molecule has 1 atom stereocenters. The van der Waals surface area contributed by atoms with E-state index in [1.165, 1.54) is 5.56 Å². The lowest BCUT2D eigenvalue weighted by molar-refractivity contribution is 0.215. The van der Waals surface area contributed by atoms with Crippen molar-refractivity contribution in [2.24, 2.45) is 0 Å². The molecule has 0 radical (unpaired) electrons. The van der Waals surface area contributed by atoms with Gasteiger partial charge in [0, 0.05) is 24.1 Å². The van der Waals surface area contributed by atoms with E-state index in [4.69, 9.17) is 4.74 Å². The molecule has 1 aliphatic rings. The summed E-state index contributed by atoms with van der Waals surface area (Å²) in [5.41, 5.74) is 2.05. The van der Waals surface area contributed by atoms with Crippen LogP contribution in [0.2, 0.25) is 0 Å². The number of ether oxygens (including phenoxy) is 1. The van der Waals surface area contributed by atoms with Crippen LogP contribution < -0.4 is 10.1 Å². The molecule has 1 heterocycles. The first kappa shape index (κ1) is 16.7. The summed E-state index contributed by atoms with van der Waals surface area (Å²) in [7, 11) is 1.61. The molecule has 2 aromatic carbocycles. The summed E-state index contributed by atoms with van der Waals surface area (Å²) in [6.45, 7) is 1.52. The molecule has 2 aromatic rings. The molecule has 1 unspecified atom stereocenters.